The summed E-state index contributed by atoms with van der Waals surface area (Å²) in [6.45, 7) is 0. The number of rotatable bonds is 3. The fourth-order valence-corrected chi connectivity index (χ4v) is 1.51. The lowest BCUT2D eigenvalue weighted by Gasteiger charge is -2.06. The molecule has 0 aliphatic carbocycles. The summed E-state index contributed by atoms with van der Waals surface area (Å²) in [6.07, 6.45) is -0.121. The molecule has 1 aromatic carbocycles. The minimum absolute atomic E-state index is 0.0706. The number of hydrogen-bond donors (Lipinski definition) is 1. The smallest absolute Gasteiger partial charge is 0.310 e. The highest BCUT2D eigenvalue weighted by molar-refractivity contribution is 7.97. The van der Waals surface area contributed by atoms with E-state index in [0.717, 1.165) is 6.07 Å². The van der Waals surface area contributed by atoms with Crippen LogP contribution in [0.5, 0.6) is 0 Å². The van der Waals surface area contributed by atoms with Crippen LogP contribution >= 0.6 is 24.2 Å². The van der Waals surface area contributed by atoms with Crippen molar-refractivity contribution in [1.29, 1.82) is 0 Å². The summed E-state index contributed by atoms with van der Waals surface area (Å²) >= 11 is 9.24. The lowest BCUT2D eigenvalue weighted by Crippen LogP contribution is -2.07. The first-order valence-electron chi connectivity index (χ1n) is 4.23. The third kappa shape index (κ3) is 2.96. The summed E-state index contributed by atoms with van der Waals surface area (Å²) in [5.74, 6) is -1.29. The molecule has 86 valence electrons. The largest absolute Gasteiger partial charge is 0.469 e. The Morgan fingerprint density at radius 1 is 1.50 bits per heavy atom. The van der Waals surface area contributed by atoms with Crippen LogP contribution in [0.1, 0.15) is 15.9 Å². The first-order valence-corrected chi connectivity index (χ1v) is 5.06. The Kier molecular flexibility index (Phi) is 4.32. The summed E-state index contributed by atoms with van der Waals surface area (Å²) in [7, 11) is 1.23. The number of esters is 1. The molecule has 6 heteroatoms. The van der Waals surface area contributed by atoms with E-state index in [0.29, 0.717) is 5.56 Å². The van der Waals surface area contributed by atoms with E-state index in [-0.39, 0.29) is 17.0 Å². The van der Waals surface area contributed by atoms with E-state index >= 15 is 0 Å². The third-order valence-corrected chi connectivity index (χ3v) is 2.52. The normalized spacial score (nSPS) is 10.0. The lowest BCUT2D eigenvalue weighted by atomic mass is 10.1. The van der Waals surface area contributed by atoms with Gasteiger partial charge in [0.2, 0.25) is 5.12 Å². The molecule has 0 unspecified atom stereocenters. The van der Waals surface area contributed by atoms with Crippen LogP contribution in [-0.4, -0.2) is 18.2 Å². The molecule has 0 bridgehead atoms. The SMILES string of the molecule is COC(=O)Cc1cc(C(=O)S)c(F)cc1Cl. The van der Waals surface area contributed by atoms with Crippen LogP contribution in [0.25, 0.3) is 0 Å². The predicted molar refractivity (Wildman–Crippen MR) is 60.4 cm³/mol. The van der Waals surface area contributed by atoms with Crippen LogP contribution in [0.15, 0.2) is 12.1 Å². The summed E-state index contributed by atoms with van der Waals surface area (Å²) in [5.41, 5.74) is 0.110. The molecular weight excluding hydrogens is 255 g/mol. The molecular formula is C10H8ClFO3S. The summed E-state index contributed by atoms with van der Waals surface area (Å²) < 4.78 is 17.7. The topological polar surface area (TPSA) is 43.4 Å². The zero-order chi connectivity index (χ0) is 12.3. The highest BCUT2D eigenvalue weighted by Gasteiger charge is 2.14. The second kappa shape index (κ2) is 5.32. The van der Waals surface area contributed by atoms with Gasteiger partial charge in [0.15, 0.2) is 0 Å². The Hall–Kier alpha value is -1.07. The molecule has 0 radical (unpaired) electrons. The summed E-state index contributed by atoms with van der Waals surface area (Å²) in [6, 6.07) is 2.17. The standard InChI is InChI=1S/C10H8ClFO3S/c1-15-9(13)3-5-2-6(10(14)16)8(12)4-7(5)11/h2,4H,3H2,1H3,(H,14,16). The van der Waals surface area contributed by atoms with Gasteiger partial charge in [-0.25, -0.2) is 4.39 Å². The molecule has 1 aromatic rings. The monoisotopic (exact) mass is 262 g/mol. The van der Waals surface area contributed by atoms with E-state index in [4.69, 9.17) is 11.6 Å². The average molecular weight is 263 g/mol. The van der Waals surface area contributed by atoms with Gasteiger partial charge in [0.25, 0.3) is 0 Å². The van der Waals surface area contributed by atoms with Gasteiger partial charge in [0.05, 0.1) is 19.1 Å². The van der Waals surface area contributed by atoms with Gasteiger partial charge in [-0.05, 0) is 17.7 Å². The maximum absolute atomic E-state index is 13.2. The minimum Gasteiger partial charge on any atom is -0.469 e. The molecule has 16 heavy (non-hydrogen) atoms. The molecule has 0 aliphatic rings. The summed E-state index contributed by atoms with van der Waals surface area (Å²) in [5, 5.41) is -0.651. The second-order valence-corrected chi connectivity index (χ2v) is 3.79. The van der Waals surface area contributed by atoms with Crippen molar-refractivity contribution in [3.8, 4) is 0 Å². The Balaban J connectivity index is 3.14. The molecule has 0 aromatic heterocycles. The van der Waals surface area contributed by atoms with E-state index < -0.39 is 16.9 Å². The first kappa shape index (κ1) is 13.0. The molecule has 0 atom stereocenters. The van der Waals surface area contributed by atoms with Gasteiger partial charge in [0, 0.05) is 5.02 Å². The van der Waals surface area contributed by atoms with Crippen molar-refractivity contribution in [1.82, 2.24) is 0 Å². The fourth-order valence-electron chi connectivity index (χ4n) is 1.12. The molecule has 0 aliphatic heterocycles. The number of thiol groups is 1. The zero-order valence-electron chi connectivity index (χ0n) is 8.29. The van der Waals surface area contributed by atoms with Crippen LogP contribution in [-0.2, 0) is 16.0 Å². The maximum Gasteiger partial charge on any atom is 0.310 e. The molecule has 1 rings (SSSR count). The molecule has 3 nitrogen and oxygen atoms in total. The second-order valence-electron chi connectivity index (χ2n) is 2.98. The van der Waals surface area contributed by atoms with Crippen molar-refractivity contribution in [2.45, 2.75) is 6.42 Å². The van der Waals surface area contributed by atoms with Gasteiger partial charge in [-0.15, -0.1) is 12.6 Å². The van der Waals surface area contributed by atoms with Crippen molar-refractivity contribution in [3.63, 3.8) is 0 Å². The molecule has 0 fully saturated rings. The van der Waals surface area contributed by atoms with E-state index in [2.05, 4.69) is 17.4 Å². The number of carbonyl (C=O) groups excluding carboxylic acids is 2. The average Bonchev–Trinajstić information content (AvgIpc) is 2.21. The molecule has 0 saturated carbocycles. The number of benzene rings is 1. The van der Waals surface area contributed by atoms with Gasteiger partial charge in [-0.3, -0.25) is 9.59 Å². The zero-order valence-corrected chi connectivity index (χ0v) is 9.94. The van der Waals surface area contributed by atoms with Crippen molar-refractivity contribution >= 4 is 35.3 Å². The fraction of sp³-hybridized carbons (Fsp3) is 0.200. The highest BCUT2D eigenvalue weighted by Crippen LogP contribution is 2.22. The van der Waals surface area contributed by atoms with Gasteiger partial charge in [0.1, 0.15) is 5.82 Å². The van der Waals surface area contributed by atoms with E-state index in [9.17, 15) is 14.0 Å². The van der Waals surface area contributed by atoms with Crippen molar-refractivity contribution < 1.29 is 18.7 Å². The molecule has 0 heterocycles. The van der Waals surface area contributed by atoms with E-state index in [1.165, 1.54) is 13.2 Å². The number of carbonyl (C=O) groups is 2. The van der Waals surface area contributed by atoms with Crippen LogP contribution in [0.4, 0.5) is 4.39 Å². The minimum atomic E-state index is -0.765. The van der Waals surface area contributed by atoms with Crippen LogP contribution in [0.2, 0.25) is 5.02 Å². The number of halogens is 2. The lowest BCUT2D eigenvalue weighted by molar-refractivity contribution is -0.139. The van der Waals surface area contributed by atoms with Crippen LogP contribution < -0.4 is 0 Å². The van der Waals surface area contributed by atoms with Gasteiger partial charge in [-0.1, -0.05) is 11.6 Å². The van der Waals surface area contributed by atoms with Crippen molar-refractivity contribution in [3.05, 3.63) is 34.1 Å². The Bertz CT molecular complexity index is 448. The predicted octanol–water partition coefficient (Wildman–Crippen LogP) is 2.26. The van der Waals surface area contributed by atoms with Crippen molar-refractivity contribution in [2.24, 2.45) is 0 Å². The highest BCUT2D eigenvalue weighted by atomic mass is 35.5. The van der Waals surface area contributed by atoms with Crippen molar-refractivity contribution in [2.75, 3.05) is 7.11 Å². The summed E-state index contributed by atoms with van der Waals surface area (Å²) in [4.78, 5) is 22.0. The number of methoxy groups -OCH3 is 1. The molecule has 0 spiro atoms. The number of ether oxygens (including phenoxy) is 1. The van der Waals surface area contributed by atoms with Gasteiger partial charge >= 0.3 is 5.97 Å². The van der Waals surface area contributed by atoms with Gasteiger partial charge in [-0.2, -0.15) is 0 Å². The molecule has 0 N–H and O–H groups in total. The molecule has 0 saturated heterocycles. The Morgan fingerprint density at radius 2 is 2.12 bits per heavy atom. The van der Waals surface area contributed by atoms with E-state index in [1.54, 1.807) is 0 Å². The Labute approximate surface area is 102 Å². The van der Waals surface area contributed by atoms with Crippen LogP contribution in [0.3, 0.4) is 0 Å². The quantitative estimate of drug-likeness (QED) is 0.671. The van der Waals surface area contributed by atoms with Gasteiger partial charge < -0.3 is 4.74 Å². The number of hydrogen-bond acceptors (Lipinski definition) is 3. The first-order chi connectivity index (χ1) is 7.45. The maximum atomic E-state index is 13.2. The Morgan fingerprint density at radius 3 is 2.62 bits per heavy atom. The molecule has 0 amide bonds. The van der Waals surface area contributed by atoms with Crippen LogP contribution in [0, 0.1) is 5.82 Å². The van der Waals surface area contributed by atoms with E-state index in [1.807, 2.05) is 0 Å². The third-order valence-electron chi connectivity index (χ3n) is 1.93.